The van der Waals surface area contributed by atoms with E-state index >= 15 is 0 Å². The van der Waals surface area contributed by atoms with Crippen molar-refractivity contribution < 1.29 is 9.72 Å². The quantitative estimate of drug-likeness (QED) is 0.275. The van der Waals surface area contributed by atoms with Crippen LogP contribution >= 0.6 is 0 Å². The summed E-state index contributed by atoms with van der Waals surface area (Å²) in [5, 5.41) is 10.8. The molecule has 1 aromatic heterocycles. The van der Waals surface area contributed by atoms with Gasteiger partial charge in [0.05, 0.1) is 11.5 Å². The summed E-state index contributed by atoms with van der Waals surface area (Å²) in [4.78, 5) is 25.1. The van der Waals surface area contributed by atoms with Crippen LogP contribution in [0.3, 0.4) is 0 Å². The molecule has 0 unspecified atom stereocenters. The fraction of sp³-hybridized carbons (Fsp3) is 0.240. The molecule has 1 amide bonds. The molecule has 3 rings (SSSR count). The Labute approximate surface area is 182 Å². The van der Waals surface area contributed by atoms with Crippen molar-refractivity contribution in [2.75, 3.05) is 6.54 Å². The van der Waals surface area contributed by atoms with Crippen molar-refractivity contribution in [3.8, 4) is 0 Å². The van der Waals surface area contributed by atoms with E-state index in [0.29, 0.717) is 19.0 Å². The molecule has 0 bridgehead atoms. The topological polar surface area (TPSA) is 68.4 Å². The second-order valence-electron chi connectivity index (χ2n) is 7.91. The fourth-order valence-corrected chi connectivity index (χ4v) is 3.38. The second-order valence-corrected chi connectivity index (χ2v) is 7.91. The molecule has 0 radical (unpaired) electrons. The lowest BCUT2D eigenvalue weighted by Gasteiger charge is -2.24. The van der Waals surface area contributed by atoms with Gasteiger partial charge < -0.3 is 9.47 Å². The number of amides is 1. The molecule has 2 aromatic carbocycles. The van der Waals surface area contributed by atoms with E-state index in [4.69, 9.17) is 0 Å². The lowest BCUT2D eigenvalue weighted by Crippen LogP contribution is -2.33. The molecular weight excluding hydrogens is 390 g/mol. The van der Waals surface area contributed by atoms with Crippen molar-refractivity contribution in [3.05, 3.63) is 106 Å². The molecule has 1 heterocycles. The van der Waals surface area contributed by atoms with Gasteiger partial charge in [-0.1, -0.05) is 44.2 Å². The van der Waals surface area contributed by atoms with Gasteiger partial charge in [-0.25, -0.2) is 0 Å². The van der Waals surface area contributed by atoms with E-state index in [2.05, 4.69) is 30.5 Å². The summed E-state index contributed by atoms with van der Waals surface area (Å²) in [5.41, 5.74) is 3.06. The van der Waals surface area contributed by atoms with Crippen LogP contribution in [-0.4, -0.2) is 26.8 Å². The van der Waals surface area contributed by atoms with Gasteiger partial charge in [-0.3, -0.25) is 14.9 Å². The Balaban J connectivity index is 1.72. The number of non-ortho nitro benzene ring substituents is 1. The summed E-state index contributed by atoms with van der Waals surface area (Å²) in [7, 11) is 0. The summed E-state index contributed by atoms with van der Waals surface area (Å²) in [6.45, 7) is 6.08. The van der Waals surface area contributed by atoms with Crippen LogP contribution in [0.25, 0.3) is 6.08 Å². The standard InChI is InChI=1S/C25H27N3O3/c1-20(2)17-27(25(29)15-12-21-10-13-23(14-11-21)28(30)31)19-24-9-6-16-26(24)18-22-7-4-3-5-8-22/h3-16,20H,17-19H2,1-2H3. The van der Waals surface area contributed by atoms with Crippen molar-refractivity contribution in [2.24, 2.45) is 5.92 Å². The van der Waals surface area contributed by atoms with Gasteiger partial charge in [-0.2, -0.15) is 0 Å². The van der Waals surface area contributed by atoms with Crippen LogP contribution in [0.5, 0.6) is 0 Å². The Morgan fingerprint density at radius 2 is 1.77 bits per heavy atom. The van der Waals surface area contributed by atoms with Crippen molar-refractivity contribution in [1.82, 2.24) is 9.47 Å². The molecule has 0 aliphatic heterocycles. The zero-order chi connectivity index (χ0) is 22.2. The molecule has 0 saturated heterocycles. The highest BCUT2D eigenvalue weighted by atomic mass is 16.6. The van der Waals surface area contributed by atoms with Gasteiger partial charge in [0.2, 0.25) is 5.91 Å². The normalized spacial score (nSPS) is 11.2. The minimum absolute atomic E-state index is 0.0316. The van der Waals surface area contributed by atoms with Crippen LogP contribution in [0.2, 0.25) is 0 Å². The highest BCUT2D eigenvalue weighted by molar-refractivity contribution is 5.91. The first-order valence-corrected chi connectivity index (χ1v) is 10.3. The number of aromatic nitrogens is 1. The summed E-state index contributed by atoms with van der Waals surface area (Å²) in [6, 6.07) is 20.4. The van der Waals surface area contributed by atoms with Gasteiger partial charge in [-0.15, -0.1) is 0 Å². The summed E-state index contributed by atoms with van der Waals surface area (Å²) >= 11 is 0. The van der Waals surface area contributed by atoms with Crippen molar-refractivity contribution in [1.29, 1.82) is 0 Å². The first-order valence-electron chi connectivity index (χ1n) is 10.3. The molecular formula is C25H27N3O3. The van der Waals surface area contributed by atoms with Crippen LogP contribution in [-0.2, 0) is 17.9 Å². The van der Waals surface area contributed by atoms with E-state index in [0.717, 1.165) is 17.8 Å². The Kier molecular flexibility index (Phi) is 7.38. The highest BCUT2D eigenvalue weighted by Gasteiger charge is 2.15. The maximum Gasteiger partial charge on any atom is 0.269 e. The zero-order valence-electron chi connectivity index (χ0n) is 17.8. The van der Waals surface area contributed by atoms with E-state index in [1.54, 1.807) is 18.2 Å². The second kappa shape index (κ2) is 10.4. The monoisotopic (exact) mass is 417 g/mol. The third kappa shape index (κ3) is 6.40. The molecule has 0 spiro atoms. The molecule has 0 aliphatic carbocycles. The molecule has 3 aromatic rings. The van der Waals surface area contributed by atoms with Crippen LogP contribution in [0, 0.1) is 16.0 Å². The lowest BCUT2D eigenvalue weighted by atomic mass is 10.1. The van der Waals surface area contributed by atoms with Crippen LogP contribution in [0.4, 0.5) is 5.69 Å². The number of hydrogen-bond donors (Lipinski definition) is 0. The van der Waals surface area contributed by atoms with Crippen molar-refractivity contribution >= 4 is 17.7 Å². The smallest absolute Gasteiger partial charge is 0.269 e. The number of benzene rings is 2. The maximum atomic E-state index is 12.9. The number of rotatable bonds is 9. The molecule has 31 heavy (non-hydrogen) atoms. The number of nitro groups is 1. The summed E-state index contributed by atoms with van der Waals surface area (Å²) in [6.07, 6.45) is 5.27. The number of hydrogen-bond acceptors (Lipinski definition) is 3. The van der Waals surface area contributed by atoms with Crippen LogP contribution < -0.4 is 0 Å². The summed E-state index contributed by atoms with van der Waals surface area (Å²) < 4.78 is 2.16. The van der Waals surface area contributed by atoms with Crippen molar-refractivity contribution in [3.63, 3.8) is 0 Å². The van der Waals surface area contributed by atoms with E-state index in [-0.39, 0.29) is 11.6 Å². The average molecular weight is 418 g/mol. The predicted octanol–water partition coefficient (Wildman–Crippen LogP) is 5.14. The van der Waals surface area contributed by atoms with E-state index in [9.17, 15) is 14.9 Å². The Hall–Kier alpha value is -3.67. The average Bonchev–Trinajstić information content (AvgIpc) is 3.18. The number of carbonyl (C=O) groups excluding carboxylic acids is 1. The molecule has 0 N–H and O–H groups in total. The van der Waals surface area contributed by atoms with Gasteiger partial charge in [0.25, 0.3) is 5.69 Å². The predicted molar refractivity (Wildman–Crippen MR) is 122 cm³/mol. The number of nitrogens with zero attached hydrogens (tertiary/aromatic N) is 3. The molecule has 6 nitrogen and oxygen atoms in total. The molecule has 0 fully saturated rings. The highest BCUT2D eigenvalue weighted by Crippen LogP contribution is 2.15. The third-order valence-electron chi connectivity index (χ3n) is 4.89. The third-order valence-corrected chi connectivity index (χ3v) is 4.89. The van der Waals surface area contributed by atoms with Gasteiger partial charge >= 0.3 is 0 Å². The van der Waals surface area contributed by atoms with Crippen LogP contribution in [0.15, 0.2) is 79.0 Å². The Morgan fingerprint density at radius 1 is 1.06 bits per heavy atom. The SMILES string of the molecule is CC(C)CN(Cc1cccn1Cc1ccccc1)C(=O)C=Cc1ccc([N+](=O)[O-])cc1. The fourth-order valence-electron chi connectivity index (χ4n) is 3.38. The first-order chi connectivity index (χ1) is 14.9. The van der Waals surface area contributed by atoms with E-state index < -0.39 is 4.92 Å². The maximum absolute atomic E-state index is 12.9. The largest absolute Gasteiger partial charge is 0.345 e. The minimum atomic E-state index is -0.437. The molecule has 160 valence electrons. The van der Waals surface area contributed by atoms with E-state index in [1.807, 2.05) is 41.4 Å². The van der Waals surface area contributed by atoms with Gasteiger partial charge in [0, 0.05) is 43.2 Å². The summed E-state index contributed by atoms with van der Waals surface area (Å²) in [5.74, 6) is 0.244. The molecule has 0 saturated carbocycles. The molecule has 0 aliphatic rings. The van der Waals surface area contributed by atoms with Crippen LogP contribution in [0.1, 0.15) is 30.7 Å². The Bertz CT molecular complexity index is 1040. The lowest BCUT2D eigenvalue weighted by molar-refractivity contribution is -0.384. The van der Waals surface area contributed by atoms with Crippen molar-refractivity contribution in [2.45, 2.75) is 26.9 Å². The zero-order valence-corrected chi connectivity index (χ0v) is 17.8. The Morgan fingerprint density at radius 3 is 2.42 bits per heavy atom. The molecule has 6 heteroatoms. The van der Waals surface area contributed by atoms with Gasteiger partial charge in [0.15, 0.2) is 0 Å². The number of carbonyl (C=O) groups is 1. The first kappa shape index (κ1) is 22.0. The van der Waals surface area contributed by atoms with Gasteiger partial charge in [-0.05, 0) is 47.4 Å². The van der Waals surface area contributed by atoms with Gasteiger partial charge in [0.1, 0.15) is 0 Å². The number of nitro benzene ring substituents is 1. The molecule has 0 atom stereocenters. The van der Waals surface area contributed by atoms with E-state index in [1.165, 1.54) is 23.8 Å². The minimum Gasteiger partial charge on any atom is -0.345 e.